The fourth-order valence-electron chi connectivity index (χ4n) is 4.77. The van der Waals surface area contributed by atoms with Crippen LogP contribution in [0.25, 0.3) is 21.9 Å². The lowest BCUT2D eigenvalue weighted by Crippen LogP contribution is -2.31. The smallest absolute Gasteiger partial charge is 0.258 e. The first-order valence-electron chi connectivity index (χ1n) is 11.4. The van der Waals surface area contributed by atoms with Crippen molar-refractivity contribution in [3.63, 3.8) is 0 Å². The predicted molar refractivity (Wildman–Crippen MR) is 131 cm³/mol. The maximum absolute atomic E-state index is 13.3. The molecular formula is C25H30N6O2. The second kappa shape index (κ2) is 8.53. The molecule has 2 aromatic carbocycles. The van der Waals surface area contributed by atoms with E-state index in [9.17, 15) is 9.90 Å². The number of anilines is 1. The summed E-state index contributed by atoms with van der Waals surface area (Å²) in [5.74, 6) is 0.633. The zero-order chi connectivity index (χ0) is 23.1. The quantitative estimate of drug-likeness (QED) is 0.422. The Balaban J connectivity index is 1.48. The number of imidazole rings is 1. The van der Waals surface area contributed by atoms with E-state index in [0.717, 1.165) is 53.7 Å². The van der Waals surface area contributed by atoms with Crippen LogP contribution in [0.2, 0.25) is 0 Å². The van der Waals surface area contributed by atoms with Crippen molar-refractivity contribution in [2.75, 3.05) is 32.5 Å². The van der Waals surface area contributed by atoms with Crippen molar-refractivity contribution in [3.8, 4) is 5.75 Å². The summed E-state index contributed by atoms with van der Waals surface area (Å²) in [6, 6.07) is 13.6. The first-order valence-corrected chi connectivity index (χ1v) is 11.4. The average molecular weight is 447 g/mol. The Hall–Kier alpha value is -3.36. The fourth-order valence-corrected chi connectivity index (χ4v) is 4.77. The number of carbonyl (C=O) groups is 1. The van der Waals surface area contributed by atoms with Crippen LogP contribution in [0.5, 0.6) is 5.75 Å². The van der Waals surface area contributed by atoms with E-state index in [-0.39, 0.29) is 11.9 Å². The van der Waals surface area contributed by atoms with Gasteiger partial charge in [-0.15, -0.1) is 0 Å². The van der Waals surface area contributed by atoms with Gasteiger partial charge in [0, 0.05) is 36.6 Å². The molecule has 0 spiro atoms. The number of aromatic nitrogens is 3. The highest BCUT2D eigenvalue weighted by Crippen LogP contribution is 2.36. The van der Waals surface area contributed by atoms with Gasteiger partial charge in [0.2, 0.25) is 5.95 Å². The summed E-state index contributed by atoms with van der Waals surface area (Å²) < 4.78 is 4.21. The molecule has 33 heavy (non-hydrogen) atoms. The van der Waals surface area contributed by atoms with Gasteiger partial charge in [-0.3, -0.25) is 10.1 Å². The number of nitrogens with zero attached hydrogens (tertiary/aromatic N) is 4. The number of para-hydroxylation sites is 2. The molecule has 5 rings (SSSR count). The molecule has 0 saturated heterocycles. The van der Waals surface area contributed by atoms with E-state index in [1.165, 1.54) is 0 Å². The number of aromatic hydroxyl groups is 1. The van der Waals surface area contributed by atoms with Crippen molar-refractivity contribution in [2.24, 2.45) is 0 Å². The topological polar surface area (TPSA) is 87.3 Å². The van der Waals surface area contributed by atoms with E-state index in [1.807, 2.05) is 36.4 Å². The van der Waals surface area contributed by atoms with Crippen LogP contribution in [0.15, 0.2) is 42.5 Å². The number of hydrogen-bond acceptors (Lipinski definition) is 5. The minimum Gasteiger partial charge on any atom is -0.505 e. The highest BCUT2D eigenvalue weighted by molar-refractivity contribution is 6.06. The summed E-state index contributed by atoms with van der Waals surface area (Å²) in [5, 5.41) is 17.8. The van der Waals surface area contributed by atoms with Gasteiger partial charge in [-0.05, 0) is 64.3 Å². The van der Waals surface area contributed by atoms with Gasteiger partial charge >= 0.3 is 0 Å². The first kappa shape index (κ1) is 21.5. The summed E-state index contributed by atoms with van der Waals surface area (Å²) in [4.78, 5) is 20.1. The number of aryl methyl sites for hydroxylation is 1. The van der Waals surface area contributed by atoms with Crippen LogP contribution in [0, 0.1) is 0 Å². The SMILES string of the molecule is CC1CNCc2c(O)c3ccc(C(=O)Nc4nc5ccccc5n4CCCN(C)C)cc3n21. The average Bonchev–Trinajstić information content (AvgIpc) is 3.29. The lowest BCUT2D eigenvalue weighted by Gasteiger charge is -2.24. The Labute approximate surface area is 192 Å². The Morgan fingerprint density at radius 1 is 1.24 bits per heavy atom. The molecule has 4 aromatic rings. The summed E-state index contributed by atoms with van der Waals surface area (Å²) in [6.07, 6.45) is 0.948. The number of fused-ring (bicyclic) bond motifs is 4. The minimum atomic E-state index is -0.210. The van der Waals surface area contributed by atoms with Gasteiger partial charge in [0.05, 0.1) is 22.2 Å². The van der Waals surface area contributed by atoms with Gasteiger partial charge in [-0.25, -0.2) is 4.98 Å². The number of rotatable bonds is 6. The Morgan fingerprint density at radius 2 is 2.06 bits per heavy atom. The summed E-state index contributed by atoms with van der Waals surface area (Å²) in [7, 11) is 4.11. The van der Waals surface area contributed by atoms with E-state index in [2.05, 4.69) is 50.7 Å². The third-order valence-electron chi connectivity index (χ3n) is 6.38. The van der Waals surface area contributed by atoms with E-state index >= 15 is 0 Å². The van der Waals surface area contributed by atoms with Gasteiger partial charge in [-0.2, -0.15) is 0 Å². The highest BCUT2D eigenvalue weighted by atomic mass is 16.3. The molecule has 0 radical (unpaired) electrons. The Morgan fingerprint density at radius 3 is 2.88 bits per heavy atom. The maximum atomic E-state index is 13.3. The minimum absolute atomic E-state index is 0.191. The Kier molecular flexibility index (Phi) is 5.55. The summed E-state index contributed by atoms with van der Waals surface area (Å²) >= 11 is 0. The van der Waals surface area contributed by atoms with E-state index in [0.29, 0.717) is 23.8 Å². The molecule has 8 heteroatoms. The van der Waals surface area contributed by atoms with Gasteiger partial charge in [0.25, 0.3) is 5.91 Å². The number of amides is 1. The molecule has 0 fully saturated rings. The van der Waals surface area contributed by atoms with E-state index in [1.54, 1.807) is 6.07 Å². The normalized spacial score (nSPS) is 15.9. The molecule has 3 heterocycles. The van der Waals surface area contributed by atoms with Crippen molar-refractivity contribution >= 4 is 33.8 Å². The van der Waals surface area contributed by atoms with Crippen LogP contribution in [0.4, 0.5) is 5.95 Å². The molecule has 0 aliphatic carbocycles. The molecule has 1 atom stereocenters. The van der Waals surface area contributed by atoms with Crippen LogP contribution in [-0.4, -0.2) is 57.2 Å². The molecule has 172 valence electrons. The van der Waals surface area contributed by atoms with Crippen molar-refractivity contribution in [2.45, 2.75) is 32.5 Å². The molecule has 3 N–H and O–H groups in total. The van der Waals surface area contributed by atoms with Crippen LogP contribution < -0.4 is 10.6 Å². The van der Waals surface area contributed by atoms with Crippen molar-refractivity contribution < 1.29 is 9.90 Å². The van der Waals surface area contributed by atoms with Crippen molar-refractivity contribution in [1.29, 1.82) is 0 Å². The fraction of sp³-hybridized carbons (Fsp3) is 0.360. The van der Waals surface area contributed by atoms with Crippen molar-refractivity contribution in [1.82, 2.24) is 24.3 Å². The highest BCUT2D eigenvalue weighted by Gasteiger charge is 2.24. The van der Waals surface area contributed by atoms with Gasteiger partial charge in [0.1, 0.15) is 5.75 Å². The largest absolute Gasteiger partial charge is 0.505 e. The predicted octanol–water partition coefficient (Wildman–Crippen LogP) is 3.56. The number of carbonyl (C=O) groups excluding carboxylic acids is 1. The number of nitrogens with one attached hydrogen (secondary N) is 2. The van der Waals surface area contributed by atoms with Gasteiger partial charge in [-0.1, -0.05) is 12.1 Å². The standard InChI is InChI=1S/C25H30N6O2/c1-16-14-26-15-22-23(32)18-10-9-17(13-21(18)31(16)22)24(33)28-25-27-19-7-4-5-8-20(19)30(25)12-6-11-29(2)3/h4-5,7-10,13,16,26,32H,6,11-12,14-15H2,1-3H3,(H,27,28,33). The van der Waals surface area contributed by atoms with E-state index < -0.39 is 0 Å². The zero-order valence-corrected chi connectivity index (χ0v) is 19.3. The second-order valence-corrected chi connectivity index (χ2v) is 9.06. The first-order chi connectivity index (χ1) is 15.9. The molecular weight excluding hydrogens is 416 g/mol. The molecule has 1 amide bonds. The van der Waals surface area contributed by atoms with Crippen LogP contribution in [0.3, 0.4) is 0 Å². The monoisotopic (exact) mass is 446 g/mol. The second-order valence-electron chi connectivity index (χ2n) is 9.06. The molecule has 0 bridgehead atoms. The molecule has 0 saturated carbocycles. The molecule has 2 aromatic heterocycles. The lowest BCUT2D eigenvalue weighted by atomic mass is 10.1. The summed E-state index contributed by atoms with van der Waals surface area (Å²) in [6.45, 7) is 5.26. The van der Waals surface area contributed by atoms with Gasteiger partial charge < -0.3 is 24.5 Å². The molecule has 1 unspecified atom stereocenters. The molecule has 1 aliphatic rings. The van der Waals surface area contributed by atoms with Crippen molar-refractivity contribution in [3.05, 3.63) is 53.7 Å². The van der Waals surface area contributed by atoms with E-state index in [4.69, 9.17) is 0 Å². The van der Waals surface area contributed by atoms with Crippen LogP contribution in [0.1, 0.15) is 35.4 Å². The maximum Gasteiger partial charge on any atom is 0.258 e. The third-order valence-corrected chi connectivity index (χ3v) is 6.38. The zero-order valence-electron chi connectivity index (χ0n) is 19.3. The van der Waals surface area contributed by atoms with Crippen LogP contribution >= 0.6 is 0 Å². The third kappa shape index (κ3) is 3.85. The summed E-state index contributed by atoms with van der Waals surface area (Å²) in [5.41, 5.74) is 4.15. The Bertz CT molecular complexity index is 1340. The number of benzene rings is 2. The van der Waals surface area contributed by atoms with Gasteiger partial charge in [0.15, 0.2) is 0 Å². The molecule has 1 aliphatic heterocycles. The number of hydrogen-bond donors (Lipinski definition) is 3. The lowest BCUT2D eigenvalue weighted by molar-refractivity contribution is 0.102. The molecule has 8 nitrogen and oxygen atoms in total. The van der Waals surface area contributed by atoms with Crippen LogP contribution in [-0.2, 0) is 13.1 Å².